The predicted molar refractivity (Wildman–Crippen MR) is 113 cm³/mol. The molecule has 0 atom stereocenters. The van der Waals surface area contributed by atoms with Crippen LogP contribution in [0.4, 0.5) is 10.1 Å². The van der Waals surface area contributed by atoms with Crippen LogP contribution in [0.25, 0.3) is 11.0 Å². The number of anilines is 1. The Morgan fingerprint density at radius 2 is 2.07 bits per heavy atom. The summed E-state index contributed by atoms with van der Waals surface area (Å²) in [6.45, 7) is 5.47. The van der Waals surface area contributed by atoms with Crippen LogP contribution in [0, 0.1) is 5.82 Å². The molecule has 7 heteroatoms. The van der Waals surface area contributed by atoms with Crippen molar-refractivity contribution in [3.05, 3.63) is 64.7 Å². The van der Waals surface area contributed by atoms with Crippen LogP contribution < -0.4 is 10.6 Å². The van der Waals surface area contributed by atoms with E-state index in [2.05, 4.69) is 10.6 Å². The fourth-order valence-electron chi connectivity index (χ4n) is 3.48. The standard InChI is InChI=1S/C22H23FN2O3.ClH/c1-13(2)27-12-17-16-5-3-4-6-19(16)28-21(17)22(26)25-18-8-7-14-11-24-10-9-15(14)20(18)23;/h3-8,13,24H,9-12H2,1-2H3,(H,25,26);1H. The Labute approximate surface area is 175 Å². The van der Waals surface area contributed by atoms with Crippen molar-refractivity contribution in [3.63, 3.8) is 0 Å². The lowest BCUT2D eigenvalue weighted by Gasteiger charge is -2.19. The Morgan fingerprint density at radius 3 is 2.86 bits per heavy atom. The number of amides is 1. The number of furan rings is 1. The van der Waals surface area contributed by atoms with Crippen LogP contribution in [-0.2, 0) is 24.3 Å². The smallest absolute Gasteiger partial charge is 0.291 e. The molecule has 29 heavy (non-hydrogen) atoms. The first kappa shape index (κ1) is 21.3. The van der Waals surface area contributed by atoms with Crippen molar-refractivity contribution in [3.8, 4) is 0 Å². The van der Waals surface area contributed by atoms with Gasteiger partial charge in [0, 0.05) is 17.5 Å². The van der Waals surface area contributed by atoms with Crippen LogP contribution >= 0.6 is 12.4 Å². The van der Waals surface area contributed by atoms with Crippen LogP contribution in [0.3, 0.4) is 0 Å². The van der Waals surface area contributed by atoms with E-state index in [1.807, 2.05) is 38.1 Å². The zero-order chi connectivity index (χ0) is 19.7. The molecular formula is C22H24ClFN2O3. The minimum Gasteiger partial charge on any atom is -0.451 e. The Kier molecular flexibility index (Phi) is 6.57. The molecule has 4 rings (SSSR count). The van der Waals surface area contributed by atoms with E-state index in [4.69, 9.17) is 9.15 Å². The number of rotatable bonds is 5. The van der Waals surface area contributed by atoms with Crippen molar-refractivity contribution < 1.29 is 18.3 Å². The Morgan fingerprint density at radius 1 is 1.28 bits per heavy atom. The highest BCUT2D eigenvalue weighted by Crippen LogP contribution is 2.29. The van der Waals surface area contributed by atoms with Crippen LogP contribution in [0.2, 0.25) is 0 Å². The van der Waals surface area contributed by atoms with Gasteiger partial charge in [0.25, 0.3) is 5.91 Å². The van der Waals surface area contributed by atoms with E-state index in [1.54, 1.807) is 12.1 Å². The fourth-order valence-corrected chi connectivity index (χ4v) is 3.48. The van der Waals surface area contributed by atoms with Gasteiger partial charge in [0.2, 0.25) is 0 Å². The largest absolute Gasteiger partial charge is 0.451 e. The first-order chi connectivity index (χ1) is 13.5. The Bertz CT molecular complexity index is 1030. The molecule has 154 valence electrons. The maximum atomic E-state index is 14.9. The normalized spacial score (nSPS) is 13.2. The van der Waals surface area contributed by atoms with Gasteiger partial charge in [-0.05, 0) is 50.1 Å². The maximum absolute atomic E-state index is 14.9. The van der Waals surface area contributed by atoms with E-state index in [9.17, 15) is 9.18 Å². The monoisotopic (exact) mass is 418 g/mol. The van der Waals surface area contributed by atoms with Crippen molar-refractivity contribution >= 4 is 35.0 Å². The molecule has 2 aromatic carbocycles. The number of halogens is 2. The number of fused-ring (bicyclic) bond motifs is 2. The summed E-state index contributed by atoms with van der Waals surface area (Å²) in [4.78, 5) is 12.9. The van der Waals surface area contributed by atoms with E-state index in [1.165, 1.54) is 0 Å². The van der Waals surface area contributed by atoms with Crippen LogP contribution in [0.1, 0.15) is 41.1 Å². The molecule has 2 N–H and O–H groups in total. The highest BCUT2D eigenvalue weighted by Gasteiger charge is 2.23. The second-order valence-electron chi connectivity index (χ2n) is 7.21. The van der Waals surface area contributed by atoms with Crippen molar-refractivity contribution in [2.24, 2.45) is 0 Å². The average molecular weight is 419 g/mol. The number of hydrogen-bond acceptors (Lipinski definition) is 4. The van der Waals surface area contributed by atoms with Gasteiger partial charge >= 0.3 is 0 Å². The van der Waals surface area contributed by atoms with Crippen molar-refractivity contribution in [1.82, 2.24) is 5.32 Å². The molecule has 0 radical (unpaired) electrons. The summed E-state index contributed by atoms with van der Waals surface area (Å²) in [6.07, 6.45) is 0.611. The summed E-state index contributed by atoms with van der Waals surface area (Å²) in [5.41, 5.74) is 3.03. The van der Waals surface area contributed by atoms with Crippen molar-refractivity contribution in [2.45, 2.75) is 39.5 Å². The summed E-state index contributed by atoms with van der Waals surface area (Å²) in [5, 5.41) is 6.72. The number of carbonyl (C=O) groups excluding carboxylic acids is 1. The zero-order valence-electron chi connectivity index (χ0n) is 16.4. The molecule has 0 fully saturated rings. The number of benzene rings is 2. The molecular weight excluding hydrogens is 395 g/mol. The highest BCUT2D eigenvalue weighted by molar-refractivity contribution is 6.06. The molecule has 0 spiro atoms. The number of hydrogen-bond donors (Lipinski definition) is 2. The van der Waals surface area contributed by atoms with Gasteiger partial charge in [-0.3, -0.25) is 4.79 Å². The van der Waals surface area contributed by atoms with E-state index >= 15 is 0 Å². The van der Waals surface area contributed by atoms with Crippen molar-refractivity contribution in [2.75, 3.05) is 11.9 Å². The first-order valence-electron chi connectivity index (χ1n) is 9.49. The number of para-hydroxylation sites is 1. The number of carbonyl (C=O) groups is 1. The van der Waals surface area contributed by atoms with Crippen LogP contribution in [0.15, 0.2) is 40.8 Å². The maximum Gasteiger partial charge on any atom is 0.291 e. The minimum absolute atomic E-state index is 0. The van der Waals surface area contributed by atoms with Crippen molar-refractivity contribution in [1.29, 1.82) is 0 Å². The second kappa shape index (κ2) is 8.95. The molecule has 0 saturated carbocycles. The highest BCUT2D eigenvalue weighted by atomic mass is 35.5. The van der Waals surface area contributed by atoms with E-state index in [0.29, 0.717) is 29.7 Å². The summed E-state index contributed by atoms with van der Waals surface area (Å²) >= 11 is 0. The van der Waals surface area contributed by atoms with Gasteiger partial charge in [-0.2, -0.15) is 0 Å². The SMILES string of the molecule is CC(C)OCc1c(C(=O)Nc2ccc3c(c2F)CCNC3)oc2ccccc12.Cl. The summed E-state index contributed by atoms with van der Waals surface area (Å²) in [7, 11) is 0. The molecule has 0 saturated heterocycles. The predicted octanol–water partition coefficient (Wildman–Crippen LogP) is 4.82. The average Bonchev–Trinajstić information content (AvgIpc) is 3.07. The van der Waals surface area contributed by atoms with Gasteiger partial charge in [-0.1, -0.05) is 24.3 Å². The third-order valence-corrected chi connectivity index (χ3v) is 4.92. The molecule has 0 aliphatic carbocycles. The lowest BCUT2D eigenvalue weighted by molar-refractivity contribution is 0.0648. The Balaban J connectivity index is 0.00000240. The number of ether oxygens (including phenoxy) is 1. The topological polar surface area (TPSA) is 63.5 Å². The Hall–Kier alpha value is -2.41. The molecule has 1 aliphatic heterocycles. The summed E-state index contributed by atoms with van der Waals surface area (Å²) in [6, 6.07) is 10.9. The first-order valence-corrected chi connectivity index (χ1v) is 9.49. The molecule has 0 unspecified atom stereocenters. The van der Waals surface area contributed by atoms with E-state index < -0.39 is 5.91 Å². The van der Waals surface area contributed by atoms with E-state index in [-0.39, 0.29) is 42.4 Å². The van der Waals surface area contributed by atoms with Gasteiger partial charge in [-0.25, -0.2) is 4.39 Å². The third kappa shape index (κ3) is 4.29. The molecule has 1 amide bonds. The zero-order valence-corrected chi connectivity index (χ0v) is 17.2. The van der Waals surface area contributed by atoms with Gasteiger partial charge in [0.05, 0.1) is 18.4 Å². The molecule has 5 nitrogen and oxygen atoms in total. The molecule has 2 heterocycles. The third-order valence-electron chi connectivity index (χ3n) is 4.92. The van der Waals surface area contributed by atoms with Crippen LogP contribution in [-0.4, -0.2) is 18.6 Å². The summed E-state index contributed by atoms with van der Waals surface area (Å²) < 4.78 is 26.4. The van der Waals surface area contributed by atoms with Gasteiger partial charge in [0.1, 0.15) is 11.4 Å². The number of nitrogens with one attached hydrogen (secondary N) is 2. The van der Waals surface area contributed by atoms with E-state index in [0.717, 1.165) is 17.5 Å². The minimum atomic E-state index is -0.480. The molecule has 1 aliphatic rings. The summed E-state index contributed by atoms with van der Waals surface area (Å²) in [5.74, 6) is -0.699. The van der Waals surface area contributed by atoms with Gasteiger partial charge in [-0.15, -0.1) is 12.4 Å². The second-order valence-corrected chi connectivity index (χ2v) is 7.21. The fraction of sp³-hybridized carbons (Fsp3) is 0.318. The van der Waals surface area contributed by atoms with Crippen LogP contribution in [0.5, 0.6) is 0 Å². The lowest BCUT2D eigenvalue weighted by Crippen LogP contribution is -2.25. The van der Waals surface area contributed by atoms with Gasteiger partial charge < -0.3 is 19.8 Å². The molecule has 1 aromatic heterocycles. The van der Waals surface area contributed by atoms with Gasteiger partial charge in [0.15, 0.2) is 5.76 Å². The molecule has 3 aromatic rings. The molecule has 0 bridgehead atoms. The quantitative estimate of drug-likeness (QED) is 0.623. The lowest BCUT2D eigenvalue weighted by atomic mass is 9.99.